The molecule has 0 atom stereocenters. The fourth-order valence-electron chi connectivity index (χ4n) is 9.32. The van der Waals surface area contributed by atoms with Crippen molar-refractivity contribution in [3.63, 3.8) is 0 Å². The lowest BCUT2D eigenvalue weighted by Gasteiger charge is -2.12. The minimum absolute atomic E-state index is 0.588. The summed E-state index contributed by atoms with van der Waals surface area (Å²) < 4.78 is 12.9. The Morgan fingerprint density at radius 2 is 0.797 bits per heavy atom. The van der Waals surface area contributed by atoms with E-state index in [9.17, 15) is 0 Å². The van der Waals surface area contributed by atoms with Gasteiger partial charge >= 0.3 is 0 Å². The van der Waals surface area contributed by atoms with Crippen molar-refractivity contribution in [1.82, 2.24) is 15.0 Å². The largest absolute Gasteiger partial charge is 0.456 e. The first-order valence-electron chi connectivity index (χ1n) is 21.5. The zero-order chi connectivity index (χ0) is 42.1. The maximum Gasteiger partial charge on any atom is 0.164 e. The van der Waals surface area contributed by atoms with Gasteiger partial charge in [-0.3, -0.25) is 0 Å². The molecule has 3 heterocycles. The number of rotatable bonds is 6. The van der Waals surface area contributed by atoms with Crippen LogP contribution in [0.2, 0.25) is 0 Å². The fourth-order valence-corrected chi connectivity index (χ4v) is 9.32. The predicted octanol–water partition coefficient (Wildman–Crippen LogP) is 16.0. The number of fused-ring (bicyclic) bond motifs is 8. The van der Waals surface area contributed by atoms with Crippen LogP contribution < -0.4 is 0 Å². The van der Waals surface area contributed by atoms with E-state index in [0.717, 1.165) is 99.3 Å². The zero-order valence-corrected chi connectivity index (χ0v) is 34.4. The predicted molar refractivity (Wildman–Crippen MR) is 262 cm³/mol. The van der Waals surface area contributed by atoms with E-state index < -0.39 is 0 Å². The van der Waals surface area contributed by atoms with Crippen molar-refractivity contribution in [2.75, 3.05) is 0 Å². The van der Waals surface area contributed by atoms with E-state index in [1.54, 1.807) is 0 Å². The van der Waals surface area contributed by atoms with Crippen LogP contribution in [0.4, 0.5) is 0 Å². The minimum Gasteiger partial charge on any atom is -0.456 e. The highest BCUT2D eigenvalue weighted by atomic mass is 16.3. The van der Waals surface area contributed by atoms with Gasteiger partial charge in [-0.05, 0) is 103 Å². The Balaban J connectivity index is 0.970. The van der Waals surface area contributed by atoms with Crippen LogP contribution in [0.3, 0.4) is 0 Å². The van der Waals surface area contributed by atoms with Gasteiger partial charge < -0.3 is 8.83 Å². The summed E-state index contributed by atoms with van der Waals surface area (Å²) in [5, 5.41) is 8.96. The highest BCUT2D eigenvalue weighted by molar-refractivity contribution is 6.17. The number of furan rings is 2. The smallest absolute Gasteiger partial charge is 0.164 e. The van der Waals surface area contributed by atoms with E-state index in [4.69, 9.17) is 23.8 Å². The van der Waals surface area contributed by atoms with Gasteiger partial charge in [0.15, 0.2) is 17.5 Å². The molecule has 0 aliphatic carbocycles. The van der Waals surface area contributed by atoms with E-state index in [-0.39, 0.29) is 0 Å². The topological polar surface area (TPSA) is 65.0 Å². The first-order chi connectivity index (χ1) is 31.7. The summed E-state index contributed by atoms with van der Waals surface area (Å²) in [6, 6.07) is 74.2. The molecule has 0 saturated heterocycles. The fraction of sp³-hybridized carbons (Fsp3) is 0. The molecular formula is C59H35N3O2. The number of benzene rings is 10. The molecule has 0 bridgehead atoms. The van der Waals surface area contributed by atoms with Crippen LogP contribution in [-0.4, -0.2) is 15.0 Å². The number of aromatic nitrogens is 3. The molecule has 3 aromatic heterocycles. The molecule has 0 radical (unpaired) electrons. The van der Waals surface area contributed by atoms with E-state index >= 15 is 0 Å². The Labute approximate surface area is 367 Å². The van der Waals surface area contributed by atoms with Crippen molar-refractivity contribution in [1.29, 1.82) is 0 Å². The van der Waals surface area contributed by atoms with Gasteiger partial charge in [-0.2, -0.15) is 0 Å². The Bertz CT molecular complexity index is 3940. The third kappa shape index (κ3) is 6.05. The normalized spacial score (nSPS) is 11.8. The molecule has 13 rings (SSSR count). The second-order valence-corrected chi connectivity index (χ2v) is 16.4. The third-order valence-corrected chi connectivity index (χ3v) is 12.5. The lowest BCUT2D eigenvalue weighted by Crippen LogP contribution is -2.00. The highest BCUT2D eigenvalue weighted by Gasteiger charge is 2.19. The molecule has 0 amide bonds. The van der Waals surface area contributed by atoms with E-state index in [1.165, 1.54) is 16.2 Å². The molecule has 0 fully saturated rings. The molecule has 0 saturated carbocycles. The molecule has 13 aromatic rings. The molecule has 10 aromatic carbocycles. The van der Waals surface area contributed by atoms with Gasteiger partial charge in [0.25, 0.3) is 0 Å². The number of nitrogens with zero attached hydrogens (tertiary/aromatic N) is 3. The van der Waals surface area contributed by atoms with Crippen molar-refractivity contribution >= 4 is 65.4 Å². The van der Waals surface area contributed by atoms with Gasteiger partial charge in [-0.15, -0.1) is 0 Å². The number of para-hydroxylation sites is 1. The van der Waals surface area contributed by atoms with E-state index in [0.29, 0.717) is 17.5 Å². The first-order valence-corrected chi connectivity index (χ1v) is 21.5. The monoisotopic (exact) mass is 817 g/mol. The maximum absolute atomic E-state index is 6.75. The van der Waals surface area contributed by atoms with Crippen LogP contribution in [0.1, 0.15) is 0 Å². The Kier molecular flexibility index (Phi) is 8.15. The van der Waals surface area contributed by atoms with Crippen molar-refractivity contribution in [3.8, 4) is 67.5 Å². The van der Waals surface area contributed by atoms with E-state index in [1.807, 2.05) is 36.4 Å². The molecule has 298 valence electrons. The minimum atomic E-state index is 0.588. The van der Waals surface area contributed by atoms with Gasteiger partial charge in [-0.1, -0.05) is 164 Å². The molecular weight excluding hydrogens is 783 g/mol. The molecule has 64 heavy (non-hydrogen) atoms. The number of hydrogen-bond acceptors (Lipinski definition) is 5. The molecule has 5 nitrogen and oxygen atoms in total. The Morgan fingerprint density at radius 3 is 1.56 bits per heavy atom. The molecule has 0 aliphatic heterocycles. The van der Waals surface area contributed by atoms with Crippen molar-refractivity contribution in [2.45, 2.75) is 0 Å². The molecule has 0 spiro atoms. The summed E-state index contributed by atoms with van der Waals surface area (Å²) in [6.45, 7) is 0. The van der Waals surface area contributed by atoms with Crippen molar-refractivity contribution in [3.05, 3.63) is 212 Å². The standard InChI is InChI=1S/C59H35N3O2/c1-2-11-36(12-3-1)37-21-25-40(26-22-37)57-60-58(62-59(61-57)44-29-30-53-50(32-44)48-18-8-9-20-52(48)63-53)41-27-23-39(24-28-41)49-33-45(47-19-10-16-38-13-6-7-17-46(38)47)35-55-56(49)51-31-42-14-4-5-15-43(42)34-54(51)64-55/h1-35H. The van der Waals surface area contributed by atoms with Crippen LogP contribution in [-0.2, 0) is 0 Å². The van der Waals surface area contributed by atoms with Crippen LogP contribution in [0.5, 0.6) is 0 Å². The van der Waals surface area contributed by atoms with Gasteiger partial charge in [0.2, 0.25) is 0 Å². The quantitative estimate of drug-likeness (QED) is 0.167. The Morgan fingerprint density at radius 1 is 0.250 bits per heavy atom. The summed E-state index contributed by atoms with van der Waals surface area (Å²) in [5.74, 6) is 1.78. The summed E-state index contributed by atoms with van der Waals surface area (Å²) in [7, 11) is 0. The number of hydrogen-bond donors (Lipinski definition) is 0. The van der Waals surface area contributed by atoms with Gasteiger partial charge in [0.05, 0.1) is 0 Å². The summed E-state index contributed by atoms with van der Waals surface area (Å²) in [5.41, 5.74) is 12.8. The summed E-state index contributed by atoms with van der Waals surface area (Å²) >= 11 is 0. The first kappa shape index (κ1) is 36.0. The molecule has 0 aliphatic rings. The SMILES string of the molecule is c1ccc(-c2ccc(-c3nc(-c4ccc(-c5cc(-c6cccc7ccccc67)cc6oc7cc8ccccc8cc7c56)cc4)nc(-c4ccc5oc6ccccc6c5c4)n3)cc2)cc1. The van der Waals surface area contributed by atoms with E-state index in [2.05, 4.69) is 176 Å². The van der Waals surface area contributed by atoms with Crippen LogP contribution in [0.15, 0.2) is 221 Å². The van der Waals surface area contributed by atoms with Crippen LogP contribution >= 0.6 is 0 Å². The van der Waals surface area contributed by atoms with Crippen molar-refractivity contribution < 1.29 is 8.83 Å². The lowest BCUT2D eigenvalue weighted by atomic mass is 9.91. The summed E-state index contributed by atoms with van der Waals surface area (Å²) in [4.78, 5) is 15.4. The maximum atomic E-state index is 6.75. The lowest BCUT2D eigenvalue weighted by molar-refractivity contribution is 0.669. The molecule has 0 unspecified atom stereocenters. The van der Waals surface area contributed by atoms with Gasteiger partial charge in [-0.25, -0.2) is 15.0 Å². The Hall–Kier alpha value is -8.67. The highest BCUT2D eigenvalue weighted by Crippen LogP contribution is 2.43. The summed E-state index contributed by atoms with van der Waals surface area (Å²) in [6.07, 6.45) is 0. The van der Waals surface area contributed by atoms with Crippen LogP contribution in [0.25, 0.3) is 133 Å². The zero-order valence-electron chi connectivity index (χ0n) is 34.4. The third-order valence-electron chi connectivity index (χ3n) is 12.5. The average molecular weight is 818 g/mol. The van der Waals surface area contributed by atoms with Crippen LogP contribution in [0, 0.1) is 0 Å². The van der Waals surface area contributed by atoms with Crippen molar-refractivity contribution in [2.24, 2.45) is 0 Å². The molecule has 5 heteroatoms. The second-order valence-electron chi connectivity index (χ2n) is 16.4. The second kappa shape index (κ2) is 14.5. The average Bonchev–Trinajstić information content (AvgIpc) is 3.92. The van der Waals surface area contributed by atoms with Gasteiger partial charge in [0.1, 0.15) is 22.3 Å². The molecule has 0 N–H and O–H groups in total. The van der Waals surface area contributed by atoms with Gasteiger partial charge in [0, 0.05) is 38.2 Å².